The molecular formula is C14H34O6Si. The molecular weight excluding hydrogens is 292 g/mol. The first-order chi connectivity index (χ1) is 9.93. The second-order valence-corrected chi connectivity index (χ2v) is 6.58. The van der Waals surface area contributed by atoms with Gasteiger partial charge in [-0.25, -0.2) is 0 Å². The van der Waals surface area contributed by atoms with Gasteiger partial charge in [0.15, 0.2) is 0 Å². The first-order valence-electron chi connectivity index (χ1n) is 7.27. The number of unbranched alkanes of at least 4 members (excludes halogenated alkanes) is 3. The molecule has 0 fully saturated rings. The van der Waals surface area contributed by atoms with Crippen LogP contribution in [0.5, 0.6) is 0 Å². The Morgan fingerprint density at radius 3 is 1.19 bits per heavy atom. The normalized spacial score (nSPS) is 9.90. The third-order valence-electron chi connectivity index (χ3n) is 2.30. The predicted molar refractivity (Wildman–Crippen MR) is 85.9 cm³/mol. The lowest BCUT2D eigenvalue weighted by Gasteiger charge is -2.19. The molecule has 21 heavy (non-hydrogen) atoms. The molecule has 0 heterocycles. The quantitative estimate of drug-likeness (QED) is 0.388. The van der Waals surface area contributed by atoms with Gasteiger partial charge in [0.25, 0.3) is 0 Å². The van der Waals surface area contributed by atoms with Gasteiger partial charge in [0.1, 0.15) is 0 Å². The molecule has 0 aliphatic heterocycles. The van der Waals surface area contributed by atoms with Crippen molar-refractivity contribution < 1.29 is 27.2 Å². The molecule has 0 aliphatic rings. The van der Waals surface area contributed by atoms with E-state index in [0.29, 0.717) is 6.61 Å². The van der Waals surface area contributed by atoms with E-state index in [1.54, 1.807) is 6.92 Å². The van der Waals surface area contributed by atoms with Gasteiger partial charge in [0.05, 0.1) is 6.61 Å². The minimum Gasteiger partial charge on any atom is -0.466 e. The molecule has 0 atom stereocenters. The van der Waals surface area contributed by atoms with Crippen LogP contribution >= 0.6 is 0 Å². The number of rotatable bonds is 8. The van der Waals surface area contributed by atoms with Crippen molar-refractivity contribution in [3.63, 3.8) is 0 Å². The fraction of sp³-hybridized carbons (Fsp3) is 0.929. The van der Waals surface area contributed by atoms with Crippen LogP contribution in [0.3, 0.4) is 0 Å². The fourth-order valence-electron chi connectivity index (χ4n) is 1.20. The molecule has 0 N–H and O–H groups in total. The van der Waals surface area contributed by atoms with Crippen LogP contribution in [-0.2, 0) is 27.2 Å². The zero-order valence-corrected chi connectivity index (χ0v) is 16.0. The van der Waals surface area contributed by atoms with E-state index >= 15 is 0 Å². The Kier molecular flexibility index (Phi) is 23.7. The Morgan fingerprint density at radius 1 is 0.810 bits per heavy atom. The number of hydrogen-bond acceptors (Lipinski definition) is 6. The molecule has 0 spiro atoms. The van der Waals surface area contributed by atoms with Crippen molar-refractivity contribution in [3.8, 4) is 0 Å². The van der Waals surface area contributed by atoms with E-state index in [9.17, 15) is 4.79 Å². The summed E-state index contributed by atoms with van der Waals surface area (Å²) in [5.41, 5.74) is 0. The maximum Gasteiger partial charge on any atom is 0.678 e. The highest BCUT2D eigenvalue weighted by atomic mass is 28.4. The summed E-state index contributed by atoms with van der Waals surface area (Å²) in [6, 6.07) is 0. The number of ether oxygens (including phenoxy) is 1. The first-order valence-corrected chi connectivity index (χ1v) is 8.90. The third-order valence-corrected chi connectivity index (χ3v) is 4.30. The van der Waals surface area contributed by atoms with Crippen molar-refractivity contribution in [1.29, 1.82) is 0 Å². The van der Waals surface area contributed by atoms with Crippen molar-refractivity contribution in [2.24, 2.45) is 0 Å². The van der Waals surface area contributed by atoms with Crippen LogP contribution < -0.4 is 0 Å². The second-order valence-electron chi connectivity index (χ2n) is 3.95. The zero-order chi connectivity index (χ0) is 17.1. The summed E-state index contributed by atoms with van der Waals surface area (Å²) in [6.45, 7) is 8.12. The highest BCUT2D eigenvalue weighted by Gasteiger charge is 2.40. The molecule has 0 aromatic heterocycles. The van der Waals surface area contributed by atoms with Crippen molar-refractivity contribution in [1.82, 2.24) is 0 Å². The van der Waals surface area contributed by atoms with Crippen LogP contribution in [0.15, 0.2) is 0 Å². The number of esters is 1. The highest BCUT2D eigenvalue weighted by molar-refractivity contribution is 6.53. The fourth-order valence-corrected chi connectivity index (χ4v) is 2.20. The van der Waals surface area contributed by atoms with Gasteiger partial charge in [-0.15, -0.1) is 0 Å². The Hall–Kier alpha value is -0.473. The summed E-state index contributed by atoms with van der Waals surface area (Å²) in [4.78, 5) is 9.82. The summed E-state index contributed by atoms with van der Waals surface area (Å²) in [7, 11) is 3.26. The smallest absolute Gasteiger partial charge is 0.466 e. The predicted octanol–water partition coefficient (Wildman–Crippen LogP) is 3.16. The van der Waals surface area contributed by atoms with Gasteiger partial charge in [0.2, 0.25) is 0 Å². The van der Waals surface area contributed by atoms with Crippen LogP contribution in [0.25, 0.3) is 0 Å². The summed E-state index contributed by atoms with van der Waals surface area (Å²) in [5, 5.41) is 0. The van der Waals surface area contributed by atoms with Crippen LogP contribution in [0, 0.1) is 0 Å². The van der Waals surface area contributed by atoms with E-state index < -0.39 is 9.05 Å². The van der Waals surface area contributed by atoms with Gasteiger partial charge in [-0.2, -0.15) is 0 Å². The Balaban J connectivity index is -0.000000240. The average molecular weight is 327 g/mol. The number of hydrogen-bond donors (Lipinski definition) is 0. The van der Waals surface area contributed by atoms with Crippen LogP contribution in [0.1, 0.15) is 53.4 Å². The van der Waals surface area contributed by atoms with Gasteiger partial charge in [0, 0.05) is 35.4 Å². The maximum atomic E-state index is 9.82. The monoisotopic (exact) mass is 326 g/mol. The van der Waals surface area contributed by atoms with Crippen molar-refractivity contribution in [2.75, 3.05) is 35.0 Å². The lowest BCUT2D eigenvalue weighted by Crippen LogP contribution is -2.45. The summed E-state index contributed by atoms with van der Waals surface area (Å²) in [5.74, 6) is -0.211. The SMILES string of the molecule is CCCCCC.CCOC(C)=O.CO[Si](OC)(OC)OC. The zero-order valence-electron chi connectivity index (χ0n) is 15.0. The molecule has 0 saturated carbocycles. The summed E-state index contributed by atoms with van der Waals surface area (Å²) >= 11 is 0. The van der Waals surface area contributed by atoms with E-state index in [1.165, 1.54) is 61.0 Å². The van der Waals surface area contributed by atoms with E-state index in [4.69, 9.17) is 17.7 Å². The molecule has 0 rings (SSSR count). The van der Waals surface area contributed by atoms with Crippen molar-refractivity contribution >= 4 is 15.0 Å². The van der Waals surface area contributed by atoms with Crippen molar-refractivity contribution in [3.05, 3.63) is 0 Å². The van der Waals surface area contributed by atoms with Gasteiger partial charge in [-0.1, -0.05) is 39.5 Å². The van der Waals surface area contributed by atoms with E-state index in [1.807, 2.05) is 0 Å². The van der Waals surface area contributed by atoms with Gasteiger partial charge in [-0.05, 0) is 6.92 Å². The van der Waals surface area contributed by atoms with Gasteiger partial charge >= 0.3 is 15.0 Å². The van der Waals surface area contributed by atoms with Crippen LogP contribution in [-0.4, -0.2) is 50.1 Å². The molecule has 0 unspecified atom stereocenters. The molecule has 0 aliphatic carbocycles. The molecule has 0 amide bonds. The van der Waals surface area contributed by atoms with Crippen molar-refractivity contribution in [2.45, 2.75) is 53.4 Å². The topological polar surface area (TPSA) is 63.2 Å². The van der Waals surface area contributed by atoms with E-state index in [-0.39, 0.29) is 5.97 Å². The maximum absolute atomic E-state index is 9.82. The first kappa shape index (κ1) is 25.5. The van der Waals surface area contributed by atoms with Gasteiger partial charge in [-0.3, -0.25) is 4.79 Å². The molecule has 0 bridgehead atoms. The molecule has 7 heteroatoms. The largest absolute Gasteiger partial charge is 0.678 e. The minimum atomic E-state index is -2.69. The van der Waals surface area contributed by atoms with Crippen LogP contribution in [0.4, 0.5) is 0 Å². The van der Waals surface area contributed by atoms with Crippen LogP contribution in [0.2, 0.25) is 0 Å². The highest BCUT2D eigenvalue weighted by Crippen LogP contribution is 2.04. The number of carbonyl (C=O) groups is 1. The Morgan fingerprint density at radius 2 is 1.14 bits per heavy atom. The van der Waals surface area contributed by atoms with Gasteiger partial charge < -0.3 is 22.4 Å². The van der Waals surface area contributed by atoms with E-state index in [0.717, 1.165) is 0 Å². The lowest BCUT2D eigenvalue weighted by molar-refractivity contribution is -0.140. The standard InChI is InChI=1S/C6H14.C4H12O4Si.C4H8O2/c1-3-5-6-4-2;1-5-9(6-2,7-3)8-4;1-3-6-4(2)5/h3-6H2,1-2H3;1-4H3;3H2,1-2H3. The average Bonchev–Trinajstić information content (AvgIpc) is 2.49. The third kappa shape index (κ3) is 19.5. The summed E-state index contributed by atoms with van der Waals surface area (Å²) in [6.07, 6.45) is 5.54. The molecule has 0 saturated heterocycles. The molecule has 6 nitrogen and oxygen atoms in total. The molecule has 130 valence electrons. The summed E-state index contributed by atoms with van der Waals surface area (Å²) < 4.78 is 23.8. The number of carbonyl (C=O) groups excluding carboxylic acids is 1. The lowest BCUT2D eigenvalue weighted by atomic mass is 10.2. The Labute approximate surface area is 131 Å². The minimum absolute atomic E-state index is 0.211. The second kappa shape index (κ2) is 19.5. The molecule has 0 radical (unpaired) electrons. The molecule has 0 aromatic carbocycles. The Bertz CT molecular complexity index is 188. The molecule has 0 aromatic rings. The van der Waals surface area contributed by atoms with E-state index in [2.05, 4.69) is 18.6 Å².